The van der Waals surface area contributed by atoms with Crippen molar-refractivity contribution < 1.29 is 27.4 Å². The Morgan fingerprint density at radius 2 is 1.92 bits per heavy atom. The smallest absolute Gasteiger partial charge is 0.229 e. The molecule has 308 valence electrons. The third-order valence-corrected chi connectivity index (χ3v) is 11.4. The second-order valence-electron chi connectivity index (χ2n) is 15.6. The number of pyridine rings is 1. The number of nitrogens with zero attached hydrogens (tertiary/aromatic N) is 10. The molecule has 3 aliphatic heterocycles. The van der Waals surface area contributed by atoms with Gasteiger partial charge in [0, 0.05) is 63.6 Å². The lowest BCUT2D eigenvalue weighted by molar-refractivity contribution is -0.108. The van der Waals surface area contributed by atoms with E-state index in [-0.39, 0.29) is 30.0 Å². The van der Waals surface area contributed by atoms with Gasteiger partial charge in [-0.15, -0.1) is 0 Å². The Bertz CT molecular complexity index is 2530. The molecule has 15 nitrogen and oxygen atoms in total. The normalized spacial score (nSPS) is 21.2. The summed E-state index contributed by atoms with van der Waals surface area (Å²) in [6, 6.07) is 10.9. The standard InChI is InChI=1S/C41H45F3N12O3/c1-23-47-33-14-25(43)12-29(38(33)54(23)21-28(58-4)20-52(2)3)32-6-5-7-37(49-32)48-26-15-27(22-57)55(19-26)39-30-16-46-56(34-9-8-24(42)13-31(34)44)40(30)51-41(50-39)53-10-11-59-36-18-45-17-35(36)53/h5-9,12-14,16,22,26-28,35-36,45H,10-11,15,17-21H2,1-4H3,(H,48,49). The van der Waals surface area contributed by atoms with E-state index in [1.54, 1.807) is 13.3 Å². The molecule has 3 saturated heterocycles. The summed E-state index contributed by atoms with van der Waals surface area (Å²) < 4.78 is 59.6. The summed E-state index contributed by atoms with van der Waals surface area (Å²) in [6.07, 6.45) is 2.67. The number of hydrogen-bond acceptors (Lipinski definition) is 13. The first-order valence-corrected chi connectivity index (χ1v) is 19.7. The molecule has 6 aromatic rings. The molecule has 2 N–H and O–H groups in total. The average molecular weight is 811 g/mol. The van der Waals surface area contributed by atoms with Crippen molar-refractivity contribution in [3.63, 3.8) is 0 Å². The molecule has 59 heavy (non-hydrogen) atoms. The monoisotopic (exact) mass is 810 g/mol. The molecule has 0 saturated carbocycles. The Hall–Kier alpha value is -5.69. The van der Waals surface area contributed by atoms with Gasteiger partial charge in [0.25, 0.3) is 0 Å². The Labute approximate surface area is 338 Å². The molecule has 0 radical (unpaired) electrons. The Kier molecular flexibility index (Phi) is 10.4. The molecule has 2 aromatic carbocycles. The molecule has 18 heteroatoms. The van der Waals surface area contributed by atoms with Crippen LogP contribution >= 0.6 is 0 Å². The van der Waals surface area contributed by atoms with E-state index >= 15 is 8.78 Å². The van der Waals surface area contributed by atoms with E-state index in [2.05, 4.69) is 30.1 Å². The number of ether oxygens (including phenoxy) is 2. The van der Waals surface area contributed by atoms with Crippen molar-refractivity contribution in [1.29, 1.82) is 0 Å². The number of likely N-dealkylation sites (N-methyl/N-ethyl adjacent to an activating group) is 1. The molecule has 4 aromatic heterocycles. The number of fused-ring (bicyclic) bond motifs is 3. The third-order valence-electron chi connectivity index (χ3n) is 11.4. The van der Waals surface area contributed by atoms with Crippen molar-refractivity contribution in [2.24, 2.45) is 0 Å². The number of benzene rings is 2. The molecule has 5 atom stereocenters. The Balaban J connectivity index is 1.05. The molecular formula is C41H45F3N12O3. The Morgan fingerprint density at radius 3 is 2.71 bits per heavy atom. The highest BCUT2D eigenvalue weighted by Crippen LogP contribution is 2.36. The minimum absolute atomic E-state index is 0.0270. The van der Waals surface area contributed by atoms with Crippen LogP contribution in [0.5, 0.6) is 0 Å². The second-order valence-corrected chi connectivity index (χ2v) is 15.6. The number of morpholine rings is 1. The fourth-order valence-electron chi connectivity index (χ4n) is 8.70. The molecule has 0 spiro atoms. The van der Waals surface area contributed by atoms with E-state index in [9.17, 15) is 9.18 Å². The number of aryl methyl sites for hydroxylation is 1. The van der Waals surface area contributed by atoms with Crippen LogP contribution in [-0.4, -0.2) is 136 Å². The number of nitrogens with one attached hydrogen (secondary N) is 2. The summed E-state index contributed by atoms with van der Waals surface area (Å²) in [5.41, 5.74) is 2.77. The van der Waals surface area contributed by atoms with Gasteiger partial charge in [0.15, 0.2) is 11.5 Å². The SMILES string of the molecule is COC(CN(C)C)Cn1c(C)nc2cc(F)cc(-c3cccc(NC4CC(C=O)N(c5nc(N6CCOC7CNCC76)nc6c5cnn6-c5ccc(F)cc5F)C4)n3)c21. The predicted molar refractivity (Wildman–Crippen MR) is 217 cm³/mol. The summed E-state index contributed by atoms with van der Waals surface area (Å²) in [4.78, 5) is 38.5. The van der Waals surface area contributed by atoms with Crippen LogP contribution in [0.4, 0.5) is 30.8 Å². The molecule has 0 amide bonds. The first-order chi connectivity index (χ1) is 28.6. The number of imidazole rings is 1. The lowest BCUT2D eigenvalue weighted by Gasteiger charge is -2.37. The molecule has 5 unspecified atom stereocenters. The van der Waals surface area contributed by atoms with Gasteiger partial charge in [-0.05, 0) is 57.8 Å². The summed E-state index contributed by atoms with van der Waals surface area (Å²) in [5, 5.41) is 11.9. The predicted octanol–water partition coefficient (Wildman–Crippen LogP) is 3.96. The molecule has 3 aliphatic rings. The fourth-order valence-corrected chi connectivity index (χ4v) is 8.70. The van der Waals surface area contributed by atoms with Gasteiger partial charge >= 0.3 is 0 Å². The topological polar surface area (TPSA) is 144 Å². The van der Waals surface area contributed by atoms with Crippen molar-refractivity contribution in [2.45, 2.75) is 50.2 Å². The molecule has 3 fully saturated rings. The summed E-state index contributed by atoms with van der Waals surface area (Å²) in [6.45, 7) is 5.80. The third kappa shape index (κ3) is 7.34. The van der Waals surface area contributed by atoms with Crippen LogP contribution in [0.1, 0.15) is 12.2 Å². The zero-order valence-electron chi connectivity index (χ0n) is 33.1. The van der Waals surface area contributed by atoms with Crippen LogP contribution in [0.15, 0.2) is 54.7 Å². The zero-order valence-corrected chi connectivity index (χ0v) is 33.1. The van der Waals surface area contributed by atoms with E-state index in [0.717, 1.165) is 23.7 Å². The highest BCUT2D eigenvalue weighted by Gasteiger charge is 2.40. The lowest BCUT2D eigenvalue weighted by Crippen LogP contribution is -2.51. The van der Waals surface area contributed by atoms with Crippen molar-refractivity contribution in [3.8, 4) is 16.9 Å². The number of rotatable bonds is 12. The average Bonchev–Trinajstić information content (AvgIpc) is 4.02. The number of carbonyl (C=O) groups excluding carboxylic acids is 1. The fraction of sp³-hybridized carbons (Fsp3) is 0.415. The van der Waals surface area contributed by atoms with E-state index < -0.39 is 23.5 Å². The van der Waals surface area contributed by atoms with Gasteiger partial charge in [-0.25, -0.2) is 27.8 Å². The zero-order chi connectivity index (χ0) is 40.9. The maximum Gasteiger partial charge on any atom is 0.229 e. The first kappa shape index (κ1) is 38.8. The summed E-state index contributed by atoms with van der Waals surface area (Å²) in [7, 11) is 5.65. The van der Waals surface area contributed by atoms with E-state index in [4.69, 9.17) is 29.4 Å². The maximum absolute atomic E-state index is 15.2. The number of halogens is 3. The first-order valence-electron chi connectivity index (χ1n) is 19.7. The minimum Gasteiger partial charge on any atom is -0.378 e. The molecule has 7 heterocycles. The van der Waals surface area contributed by atoms with E-state index in [1.165, 1.54) is 28.9 Å². The lowest BCUT2D eigenvalue weighted by atomic mass is 10.1. The van der Waals surface area contributed by atoms with Crippen molar-refractivity contribution >= 4 is 45.9 Å². The van der Waals surface area contributed by atoms with E-state index in [0.29, 0.717) is 97.7 Å². The largest absolute Gasteiger partial charge is 0.378 e. The van der Waals surface area contributed by atoms with Crippen molar-refractivity contribution in [2.75, 3.05) is 75.7 Å². The summed E-state index contributed by atoms with van der Waals surface area (Å²) >= 11 is 0. The van der Waals surface area contributed by atoms with Crippen molar-refractivity contribution in [3.05, 3.63) is 78.0 Å². The number of methoxy groups -OCH3 is 1. The number of hydrogen-bond donors (Lipinski definition) is 2. The van der Waals surface area contributed by atoms with Crippen LogP contribution < -0.4 is 20.4 Å². The van der Waals surface area contributed by atoms with Crippen LogP contribution in [0.25, 0.3) is 39.0 Å². The molecule has 0 bridgehead atoms. The van der Waals surface area contributed by atoms with Crippen LogP contribution in [-0.2, 0) is 20.8 Å². The maximum atomic E-state index is 15.2. The van der Waals surface area contributed by atoms with E-state index in [1.807, 2.05) is 44.1 Å². The van der Waals surface area contributed by atoms with Gasteiger partial charge in [-0.1, -0.05) is 6.07 Å². The van der Waals surface area contributed by atoms with Gasteiger partial charge in [0.05, 0.1) is 65.8 Å². The van der Waals surface area contributed by atoms with Gasteiger partial charge in [0.1, 0.15) is 41.1 Å². The number of carbonyl (C=O) groups is 1. The number of anilines is 3. The van der Waals surface area contributed by atoms with Gasteiger partial charge in [-0.2, -0.15) is 15.1 Å². The van der Waals surface area contributed by atoms with Gasteiger partial charge in [0.2, 0.25) is 5.95 Å². The van der Waals surface area contributed by atoms with Gasteiger partial charge < -0.3 is 44.2 Å². The van der Waals surface area contributed by atoms with Gasteiger partial charge in [-0.3, -0.25) is 0 Å². The van der Waals surface area contributed by atoms with Crippen LogP contribution in [0, 0.1) is 24.4 Å². The highest BCUT2D eigenvalue weighted by molar-refractivity contribution is 5.93. The molecule has 0 aliphatic carbocycles. The summed E-state index contributed by atoms with van der Waals surface area (Å²) in [5.74, 6) is 0.203. The molecule has 9 rings (SSSR count). The second kappa shape index (κ2) is 15.8. The number of aldehydes is 1. The number of aromatic nitrogens is 7. The van der Waals surface area contributed by atoms with Crippen molar-refractivity contribution in [1.82, 2.24) is 44.5 Å². The van der Waals surface area contributed by atoms with Crippen LogP contribution in [0.3, 0.4) is 0 Å². The Morgan fingerprint density at radius 1 is 1.05 bits per heavy atom. The quantitative estimate of drug-likeness (QED) is 0.172. The highest BCUT2D eigenvalue weighted by atomic mass is 19.1. The molecular weight excluding hydrogens is 766 g/mol. The minimum atomic E-state index is -0.795. The van der Waals surface area contributed by atoms with Crippen LogP contribution in [0.2, 0.25) is 0 Å².